The van der Waals surface area contributed by atoms with E-state index in [0.717, 1.165) is 19.4 Å². The number of thiazole rings is 1. The van der Waals surface area contributed by atoms with Crippen molar-refractivity contribution in [3.05, 3.63) is 11.6 Å². The highest BCUT2D eigenvalue weighted by atomic mass is 32.1. The van der Waals surface area contributed by atoms with Gasteiger partial charge in [0.25, 0.3) is 0 Å². The number of anilines is 1. The Morgan fingerprint density at radius 2 is 2.41 bits per heavy atom. The molecule has 2 N–H and O–H groups in total. The summed E-state index contributed by atoms with van der Waals surface area (Å²) in [6.07, 6.45) is 3.52. The number of carbonyl (C=O) groups excluding carboxylic acids is 2. The zero-order valence-corrected chi connectivity index (χ0v) is 9.96. The first-order valence-electron chi connectivity index (χ1n) is 5.36. The first-order chi connectivity index (χ1) is 8.25. The van der Waals surface area contributed by atoms with Gasteiger partial charge >= 0.3 is 11.8 Å². The van der Waals surface area contributed by atoms with Gasteiger partial charge in [-0.3, -0.25) is 14.9 Å². The third-order valence-corrected chi connectivity index (χ3v) is 3.06. The summed E-state index contributed by atoms with van der Waals surface area (Å²) in [6, 6.07) is 0. The molecule has 6 nitrogen and oxygen atoms in total. The number of carbonyl (C=O) groups is 2. The molecule has 2 amide bonds. The van der Waals surface area contributed by atoms with E-state index in [4.69, 9.17) is 4.74 Å². The van der Waals surface area contributed by atoms with Crippen LogP contribution in [0, 0.1) is 0 Å². The Balaban J connectivity index is 1.73. The van der Waals surface area contributed by atoms with Crippen LogP contribution in [0.4, 0.5) is 5.13 Å². The fraction of sp³-hybridized carbons (Fsp3) is 0.500. The van der Waals surface area contributed by atoms with Gasteiger partial charge in [-0.1, -0.05) is 0 Å². The van der Waals surface area contributed by atoms with Crippen molar-refractivity contribution in [2.24, 2.45) is 0 Å². The van der Waals surface area contributed by atoms with Crippen LogP contribution in [0.5, 0.6) is 0 Å². The molecule has 1 aliphatic rings. The zero-order valence-electron chi connectivity index (χ0n) is 9.14. The van der Waals surface area contributed by atoms with Crippen LogP contribution >= 0.6 is 11.3 Å². The quantitative estimate of drug-likeness (QED) is 0.765. The van der Waals surface area contributed by atoms with E-state index in [1.165, 1.54) is 11.3 Å². The SMILES string of the molecule is O=C(NC[C@H]1CCCO1)C(=O)Nc1nccs1. The smallest absolute Gasteiger partial charge is 0.315 e. The Morgan fingerprint density at radius 3 is 3.06 bits per heavy atom. The van der Waals surface area contributed by atoms with Crippen molar-refractivity contribution >= 4 is 28.3 Å². The van der Waals surface area contributed by atoms with Crippen molar-refractivity contribution in [2.75, 3.05) is 18.5 Å². The van der Waals surface area contributed by atoms with Crippen LogP contribution in [0.1, 0.15) is 12.8 Å². The van der Waals surface area contributed by atoms with Gasteiger partial charge in [0.15, 0.2) is 5.13 Å². The first kappa shape index (κ1) is 12.0. The van der Waals surface area contributed by atoms with Gasteiger partial charge in [-0.05, 0) is 12.8 Å². The molecule has 0 saturated carbocycles. The highest BCUT2D eigenvalue weighted by Gasteiger charge is 2.19. The second kappa shape index (κ2) is 5.74. The molecule has 0 unspecified atom stereocenters. The molecule has 2 rings (SSSR count). The average molecular weight is 255 g/mol. The monoisotopic (exact) mass is 255 g/mol. The Kier molecular flexibility index (Phi) is 4.05. The van der Waals surface area contributed by atoms with Gasteiger partial charge in [0.2, 0.25) is 0 Å². The van der Waals surface area contributed by atoms with Crippen LogP contribution < -0.4 is 10.6 Å². The van der Waals surface area contributed by atoms with E-state index in [1.54, 1.807) is 11.6 Å². The van der Waals surface area contributed by atoms with Gasteiger partial charge in [-0.2, -0.15) is 0 Å². The highest BCUT2D eigenvalue weighted by Crippen LogP contribution is 2.11. The summed E-state index contributed by atoms with van der Waals surface area (Å²) in [6.45, 7) is 1.11. The number of hydrogen-bond acceptors (Lipinski definition) is 5. The number of aromatic nitrogens is 1. The summed E-state index contributed by atoms with van der Waals surface area (Å²) >= 11 is 1.26. The molecular formula is C10H13N3O3S. The van der Waals surface area contributed by atoms with E-state index in [9.17, 15) is 9.59 Å². The lowest BCUT2D eigenvalue weighted by Gasteiger charge is -2.09. The van der Waals surface area contributed by atoms with Crippen LogP contribution in [-0.4, -0.2) is 36.1 Å². The standard InChI is InChI=1S/C10H13N3O3S/c14-8(12-6-7-2-1-4-16-7)9(15)13-10-11-3-5-17-10/h3,5,7H,1-2,4,6H2,(H,12,14)(H,11,13,15)/t7-/m1/s1. The second-order valence-electron chi connectivity index (χ2n) is 3.64. The molecule has 1 atom stereocenters. The minimum absolute atomic E-state index is 0.0339. The fourth-order valence-electron chi connectivity index (χ4n) is 1.53. The van der Waals surface area contributed by atoms with Crippen LogP contribution in [0.3, 0.4) is 0 Å². The van der Waals surface area contributed by atoms with Crippen molar-refractivity contribution < 1.29 is 14.3 Å². The van der Waals surface area contributed by atoms with Crippen molar-refractivity contribution in [3.63, 3.8) is 0 Å². The van der Waals surface area contributed by atoms with Gasteiger partial charge < -0.3 is 10.1 Å². The van der Waals surface area contributed by atoms with E-state index in [-0.39, 0.29) is 6.10 Å². The summed E-state index contributed by atoms with van der Waals surface area (Å²) in [5.74, 6) is -1.35. The number of amides is 2. The molecule has 92 valence electrons. The Hall–Kier alpha value is -1.47. The van der Waals surface area contributed by atoms with Gasteiger partial charge in [-0.25, -0.2) is 4.98 Å². The second-order valence-corrected chi connectivity index (χ2v) is 4.53. The van der Waals surface area contributed by atoms with Crippen LogP contribution in [0.25, 0.3) is 0 Å². The third-order valence-electron chi connectivity index (χ3n) is 2.37. The average Bonchev–Trinajstić information content (AvgIpc) is 2.98. The summed E-state index contributed by atoms with van der Waals surface area (Å²) < 4.78 is 5.33. The molecular weight excluding hydrogens is 242 g/mol. The fourth-order valence-corrected chi connectivity index (χ4v) is 2.06. The van der Waals surface area contributed by atoms with Crippen molar-refractivity contribution in [1.29, 1.82) is 0 Å². The van der Waals surface area contributed by atoms with Crippen LogP contribution in [0.2, 0.25) is 0 Å². The molecule has 1 aliphatic heterocycles. The van der Waals surface area contributed by atoms with Crippen LogP contribution in [-0.2, 0) is 14.3 Å². The third kappa shape index (κ3) is 3.50. The molecule has 17 heavy (non-hydrogen) atoms. The maximum absolute atomic E-state index is 11.4. The predicted molar refractivity (Wildman–Crippen MR) is 62.7 cm³/mol. The largest absolute Gasteiger partial charge is 0.376 e. The Labute approximate surface area is 102 Å². The molecule has 1 aromatic heterocycles. The molecule has 0 aliphatic carbocycles. The zero-order chi connectivity index (χ0) is 12.1. The number of nitrogens with one attached hydrogen (secondary N) is 2. The first-order valence-corrected chi connectivity index (χ1v) is 6.24. The summed E-state index contributed by atoms with van der Waals surface area (Å²) in [5.41, 5.74) is 0. The molecule has 2 heterocycles. The van der Waals surface area contributed by atoms with Crippen molar-refractivity contribution in [3.8, 4) is 0 Å². The lowest BCUT2D eigenvalue weighted by molar-refractivity contribution is -0.136. The van der Waals surface area contributed by atoms with Gasteiger partial charge in [0, 0.05) is 24.7 Å². The van der Waals surface area contributed by atoms with E-state index < -0.39 is 11.8 Å². The molecule has 7 heteroatoms. The predicted octanol–water partition coefficient (Wildman–Crippen LogP) is 0.377. The molecule has 0 bridgehead atoms. The van der Waals surface area contributed by atoms with Gasteiger partial charge in [-0.15, -0.1) is 11.3 Å². The van der Waals surface area contributed by atoms with Gasteiger partial charge in [0.05, 0.1) is 6.10 Å². The molecule has 1 aromatic rings. The Bertz CT molecular complexity index is 388. The summed E-state index contributed by atoms with van der Waals surface area (Å²) in [4.78, 5) is 26.7. The van der Waals surface area contributed by atoms with E-state index >= 15 is 0 Å². The maximum atomic E-state index is 11.4. The molecule has 0 aromatic carbocycles. The van der Waals surface area contributed by atoms with E-state index in [0.29, 0.717) is 11.7 Å². The number of ether oxygens (including phenoxy) is 1. The molecule has 1 saturated heterocycles. The lowest BCUT2D eigenvalue weighted by atomic mass is 10.2. The molecule has 0 radical (unpaired) electrons. The summed E-state index contributed by atoms with van der Waals surface area (Å²) in [5, 5.41) is 7.09. The number of rotatable bonds is 3. The molecule has 0 spiro atoms. The Morgan fingerprint density at radius 1 is 1.53 bits per heavy atom. The maximum Gasteiger partial charge on any atom is 0.315 e. The topological polar surface area (TPSA) is 80.3 Å². The van der Waals surface area contributed by atoms with Crippen molar-refractivity contribution in [1.82, 2.24) is 10.3 Å². The minimum Gasteiger partial charge on any atom is -0.376 e. The lowest BCUT2D eigenvalue weighted by Crippen LogP contribution is -2.39. The molecule has 1 fully saturated rings. The normalized spacial score (nSPS) is 18.9. The number of nitrogens with zero attached hydrogens (tertiary/aromatic N) is 1. The van der Waals surface area contributed by atoms with Crippen molar-refractivity contribution in [2.45, 2.75) is 18.9 Å². The van der Waals surface area contributed by atoms with E-state index in [2.05, 4.69) is 15.6 Å². The van der Waals surface area contributed by atoms with Crippen LogP contribution in [0.15, 0.2) is 11.6 Å². The summed E-state index contributed by atoms with van der Waals surface area (Å²) in [7, 11) is 0. The van der Waals surface area contributed by atoms with Gasteiger partial charge in [0.1, 0.15) is 0 Å². The van der Waals surface area contributed by atoms with E-state index in [1.807, 2.05) is 0 Å². The minimum atomic E-state index is -0.696. The highest BCUT2D eigenvalue weighted by molar-refractivity contribution is 7.13. The number of hydrogen-bond donors (Lipinski definition) is 2.